The van der Waals surface area contributed by atoms with Crippen molar-refractivity contribution < 1.29 is 19.0 Å². The van der Waals surface area contributed by atoms with Crippen molar-refractivity contribution in [3.63, 3.8) is 0 Å². The Morgan fingerprint density at radius 2 is 1.85 bits per heavy atom. The molecule has 168 valence electrons. The van der Waals surface area contributed by atoms with Crippen molar-refractivity contribution >= 4 is 29.0 Å². The minimum atomic E-state index is -0.292. The van der Waals surface area contributed by atoms with Crippen molar-refractivity contribution in [3.8, 4) is 23.3 Å². The van der Waals surface area contributed by atoms with Gasteiger partial charge in [-0.2, -0.15) is 5.26 Å². The first-order valence-electron chi connectivity index (χ1n) is 9.86. The molecule has 0 aliphatic carbocycles. The zero-order valence-electron chi connectivity index (χ0n) is 17.8. The van der Waals surface area contributed by atoms with Crippen molar-refractivity contribution in [1.82, 2.24) is 4.98 Å². The van der Waals surface area contributed by atoms with E-state index in [1.807, 2.05) is 0 Å². The van der Waals surface area contributed by atoms with E-state index in [9.17, 15) is 10.1 Å². The molecule has 33 heavy (non-hydrogen) atoms. The van der Waals surface area contributed by atoms with Gasteiger partial charge in [-0.1, -0.05) is 54.1 Å². The summed E-state index contributed by atoms with van der Waals surface area (Å²) >= 11 is 12.4. The first kappa shape index (κ1) is 24.1. The molecule has 0 N–H and O–H groups in total. The smallest absolute Gasteiger partial charge is 0.204 e. The maximum atomic E-state index is 13.3. The number of Topliss-reactive ketones (excluding diaryl/α,β-unsaturated/α-hetero) is 1. The molecule has 0 fully saturated rings. The van der Waals surface area contributed by atoms with Gasteiger partial charge in [0.1, 0.15) is 13.2 Å². The van der Waals surface area contributed by atoms with Crippen LogP contribution in [0.2, 0.25) is 10.0 Å². The second-order valence-electron chi connectivity index (χ2n) is 6.81. The third-order valence-corrected chi connectivity index (χ3v) is 5.39. The highest BCUT2D eigenvalue weighted by Gasteiger charge is 2.24. The standard InChI is InChI=1S/C25H20Cl2N2O4/c1-3-10-32-25-23(31-2)9-8-18(22(30)11-19-20(26)13-29-14-21(19)27)24(25)33-15-17-7-5-4-6-16(17)12-28/h3-9,13-14H,1,10-11,15H2,2H3. The summed E-state index contributed by atoms with van der Waals surface area (Å²) < 4.78 is 17.3. The second-order valence-corrected chi connectivity index (χ2v) is 7.63. The van der Waals surface area contributed by atoms with Crippen LogP contribution in [0.3, 0.4) is 0 Å². The zero-order valence-corrected chi connectivity index (χ0v) is 19.3. The van der Waals surface area contributed by atoms with Gasteiger partial charge in [0.2, 0.25) is 5.75 Å². The van der Waals surface area contributed by atoms with E-state index in [2.05, 4.69) is 17.6 Å². The van der Waals surface area contributed by atoms with Crippen LogP contribution in [0.4, 0.5) is 0 Å². The number of halogens is 2. The Morgan fingerprint density at radius 3 is 2.52 bits per heavy atom. The van der Waals surface area contributed by atoms with Crippen LogP contribution >= 0.6 is 23.2 Å². The van der Waals surface area contributed by atoms with Crippen LogP contribution in [0.25, 0.3) is 0 Å². The number of ether oxygens (including phenoxy) is 3. The molecule has 0 spiro atoms. The molecule has 3 aromatic rings. The van der Waals surface area contributed by atoms with Gasteiger partial charge >= 0.3 is 0 Å². The van der Waals surface area contributed by atoms with Crippen LogP contribution in [0.5, 0.6) is 17.2 Å². The van der Waals surface area contributed by atoms with Crippen LogP contribution in [0, 0.1) is 11.3 Å². The van der Waals surface area contributed by atoms with Crippen LogP contribution in [-0.4, -0.2) is 24.5 Å². The molecule has 0 aliphatic rings. The van der Waals surface area contributed by atoms with Gasteiger partial charge in [0.05, 0.1) is 34.4 Å². The number of nitriles is 1. The number of pyridine rings is 1. The molecular formula is C25H20Cl2N2O4. The Morgan fingerprint density at radius 1 is 1.12 bits per heavy atom. The number of methoxy groups -OCH3 is 1. The summed E-state index contributed by atoms with van der Waals surface area (Å²) in [6, 6.07) is 12.4. The number of ketones is 1. The van der Waals surface area contributed by atoms with E-state index in [0.717, 1.165) is 0 Å². The first-order chi connectivity index (χ1) is 16.0. The number of hydrogen-bond acceptors (Lipinski definition) is 6. The lowest BCUT2D eigenvalue weighted by atomic mass is 10.0. The molecule has 1 aromatic heterocycles. The first-order valence-corrected chi connectivity index (χ1v) is 10.6. The van der Waals surface area contributed by atoms with E-state index in [1.165, 1.54) is 19.5 Å². The Bertz CT molecular complexity index is 1200. The van der Waals surface area contributed by atoms with E-state index < -0.39 is 0 Å². The number of aromatic nitrogens is 1. The minimum Gasteiger partial charge on any atom is -0.493 e. The molecule has 3 rings (SSSR count). The highest BCUT2D eigenvalue weighted by Crippen LogP contribution is 2.41. The van der Waals surface area contributed by atoms with Gasteiger partial charge in [-0.15, -0.1) is 0 Å². The summed E-state index contributed by atoms with van der Waals surface area (Å²) in [6.07, 6.45) is 4.36. The van der Waals surface area contributed by atoms with Crippen LogP contribution in [0.15, 0.2) is 61.4 Å². The van der Waals surface area contributed by atoms with Gasteiger partial charge in [0.15, 0.2) is 17.3 Å². The minimum absolute atomic E-state index is 0.0401. The summed E-state index contributed by atoms with van der Waals surface area (Å²) in [4.78, 5) is 17.2. The van der Waals surface area contributed by atoms with Gasteiger partial charge in [-0.05, 0) is 18.2 Å². The lowest BCUT2D eigenvalue weighted by molar-refractivity contribution is 0.0987. The highest BCUT2D eigenvalue weighted by atomic mass is 35.5. The summed E-state index contributed by atoms with van der Waals surface area (Å²) in [6.45, 7) is 3.87. The normalized spacial score (nSPS) is 10.2. The van der Waals surface area contributed by atoms with Gasteiger partial charge in [0.25, 0.3) is 0 Å². The fourth-order valence-electron chi connectivity index (χ4n) is 3.12. The number of carbonyl (C=O) groups is 1. The fourth-order valence-corrected chi connectivity index (χ4v) is 3.61. The SMILES string of the molecule is C=CCOc1c(OC)ccc(C(=O)Cc2c(Cl)cncc2Cl)c1OCc1ccccc1C#N. The lowest BCUT2D eigenvalue weighted by Gasteiger charge is -2.18. The van der Waals surface area contributed by atoms with Gasteiger partial charge in [0, 0.05) is 29.9 Å². The Hall–Kier alpha value is -3.53. The molecule has 0 radical (unpaired) electrons. The number of benzene rings is 2. The highest BCUT2D eigenvalue weighted by molar-refractivity contribution is 6.36. The quantitative estimate of drug-likeness (QED) is 0.266. The van der Waals surface area contributed by atoms with Crippen LogP contribution < -0.4 is 14.2 Å². The largest absolute Gasteiger partial charge is 0.493 e. The molecule has 0 saturated heterocycles. The predicted octanol–water partition coefficient (Wildman–Crippen LogP) is 5.84. The fraction of sp³-hybridized carbons (Fsp3) is 0.160. The average molecular weight is 483 g/mol. The number of rotatable bonds is 10. The third kappa shape index (κ3) is 5.64. The molecule has 0 amide bonds. The maximum absolute atomic E-state index is 13.3. The van der Waals surface area contributed by atoms with Crippen molar-refractivity contribution in [1.29, 1.82) is 5.26 Å². The maximum Gasteiger partial charge on any atom is 0.204 e. The molecule has 1 heterocycles. The second kappa shape index (κ2) is 11.4. The van der Waals surface area contributed by atoms with E-state index >= 15 is 0 Å². The summed E-state index contributed by atoms with van der Waals surface area (Å²) in [5, 5.41) is 9.96. The Balaban J connectivity index is 2.04. The number of hydrogen-bond donors (Lipinski definition) is 0. The average Bonchev–Trinajstić information content (AvgIpc) is 2.83. The monoisotopic (exact) mass is 482 g/mol. The molecule has 0 unspecified atom stereocenters. The summed E-state index contributed by atoms with van der Waals surface area (Å²) in [7, 11) is 1.49. The molecule has 6 nitrogen and oxygen atoms in total. The van der Waals surface area contributed by atoms with Gasteiger partial charge in [-0.3, -0.25) is 9.78 Å². The van der Waals surface area contributed by atoms with Gasteiger partial charge < -0.3 is 14.2 Å². The van der Waals surface area contributed by atoms with Crippen LogP contribution in [0.1, 0.15) is 27.0 Å². The van der Waals surface area contributed by atoms with E-state index in [1.54, 1.807) is 42.5 Å². The van der Waals surface area contributed by atoms with Crippen molar-refractivity contribution in [2.45, 2.75) is 13.0 Å². The molecule has 0 bridgehead atoms. The van der Waals surface area contributed by atoms with E-state index in [0.29, 0.717) is 22.4 Å². The lowest BCUT2D eigenvalue weighted by Crippen LogP contribution is -2.11. The Kier molecular flexibility index (Phi) is 8.31. The molecule has 0 saturated carbocycles. The van der Waals surface area contributed by atoms with Gasteiger partial charge in [-0.25, -0.2) is 0 Å². The van der Waals surface area contributed by atoms with Crippen LogP contribution in [-0.2, 0) is 13.0 Å². The Labute approximate surface area is 201 Å². The van der Waals surface area contributed by atoms with E-state index in [4.69, 9.17) is 37.4 Å². The number of carbonyl (C=O) groups excluding carboxylic acids is 1. The van der Waals surface area contributed by atoms with Crippen molar-refractivity contribution in [3.05, 3.63) is 93.7 Å². The third-order valence-electron chi connectivity index (χ3n) is 4.74. The predicted molar refractivity (Wildman–Crippen MR) is 126 cm³/mol. The zero-order chi connectivity index (χ0) is 23.8. The molecule has 0 aliphatic heterocycles. The molecule has 0 atom stereocenters. The number of nitrogens with zero attached hydrogens (tertiary/aromatic N) is 2. The molecule has 2 aromatic carbocycles. The van der Waals surface area contributed by atoms with E-state index in [-0.39, 0.29) is 52.5 Å². The summed E-state index contributed by atoms with van der Waals surface area (Å²) in [5.74, 6) is 0.538. The summed E-state index contributed by atoms with van der Waals surface area (Å²) in [5.41, 5.74) is 1.85. The van der Waals surface area contributed by atoms with Crippen molar-refractivity contribution in [2.75, 3.05) is 13.7 Å². The van der Waals surface area contributed by atoms with Crippen molar-refractivity contribution in [2.24, 2.45) is 0 Å². The topological polar surface area (TPSA) is 81.4 Å². The molecule has 8 heteroatoms. The molecular weight excluding hydrogens is 463 g/mol.